The molecule has 0 radical (unpaired) electrons. The number of rotatable bonds is 8. The summed E-state index contributed by atoms with van der Waals surface area (Å²) in [7, 11) is 0. The average molecular weight is 360 g/mol. The van der Waals surface area contributed by atoms with E-state index in [0.29, 0.717) is 6.42 Å². The van der Waals surface area contributed by atoms with Gasteiger partial charge in [0.1, 0.15) is 0 Å². The van der Waals surface area contributed by atoms with E-state index in [0.717, 1.165) is 11.1 Å². The van der Waals surface area contributed by atoms with Gasteiger partial charge in [-0.1, -0.05) is 37.1 Å². The fraction of sp³-hybridized carbons (Fsp3) is 0.591. The minimum absolute atomic E-state index is 0.0274. The summed E-state index contributed by atoms with van der Waals surface area (Å²) in [6, 6.07) is 0. The molecule has 0 aromatic heterocycles. The van der Waals surface area contributed by atoms with E-state index in [1.807, 2.05) is 40.7 Å². The third-order valence-corrected chi connectivity index (χ3v) is 5.20. The molecule has 1 unspecified atom stereocenters. The molecule has 26 heavy (non-hydrogen) atoms. The van der Waals surface area contributed by atoms with Crippen LogP contribution in [0.15, 0.2) is 34.4 Å². The van der Waals surface area contributed by atoms with Gasteiger partial charge in [-0.05, 0) is 53.0 Å². The smallest absolute Gasteiger partial charge is 0.173 e. The maximum atomic E-state index is 13.0. The van der Waals surface area contributed by atoms with Crippen molar-refractivity contribution in [2.75, 3.05) is 0 Å². The first kappa shape index (κ1) is 22.2. The van der Waals surface area contributed by atoms with Crippen LogP contribution in [-0.4, -0.2) is 28.1 Å². The summed E-state index contributed by atoms with van der Waals surface area (Å²) >= 11 is 0. The molecule has 1 N–H and O–H groups in total. The zero-order valence-corrected chi connectivity index (χ0v) is 17.1. The number of hydrogen-bond donors (Lipinski definition) is 1. The van der Waals surface area contributed by atoms with Gasteiger partial charge < -0.3 is 5.11 Å². The first-order valence-electron chi connectivity index (χ1n) is 9.30. The highest BCUT2D eigenvalue weighted by atomic mass is 16.3. The van der Waals surface area contributed by atoms with Gasteiger partial charge in [-0.15, -0.1) is 0 Å². The van der Waals surface area contributed by atoms with Crippen molar-refractivity contribution in [3.63, 3.8) is 0 Å². The van der Waals surface area contributed by atoms with Gasteiger partial charge in [-0.25, -0.2) is 0 Å². The molecule has 0 aliphatic heterocycles. The number of ketones is 3. The quantitative estimate of drug-likeness (QED) is 0.522. The molecule has 0 heterocycles. The maximum absolute atomic E-state index is 13.0. The van der Waals surface area contributed by atoms with Crippen molar-refractivity contribution in [2.45, 2.75) is 73.3 Å². The lowest BCUT2D eigenvalue weighted by atomic mass is 9.79. The zero-order chi connectivity index (χ0) is 20.2. The third-order valence-electron chi connectivity index (χ3n) is 5.20. The van der Waals surface area contributed by atoms with Gasteiger partial charge in [0.2, 0.25) is 0 Å². The van der Waals surface area contributed by atoms with Gasteiger partial charge >= 0.3 is 0 Å². The molecule has 0 amide bonds. The SMILES string of the molecule is CCC(C)C(=O)C1=C(C)[C@](O)(C(=O)CC=C(C)C)[C@@H](CC=C(C)C)C1=O. The maximum Gasteiger partial charge on any atom is 0.173 e. The van der Waals surface area contributed by atoms with Crippen molar-refractivity contribution in [3.05, 3.63) is 34.4 Å². The highest BCUT2D eigenvalue weighted by Crippen LogP contribution is 2.43. The molecule has 0 saturated carbocycles. The fourth-order valence-corrected chi connectivity index (χ4v) is 3.23. The number of allylic oxidation sites excluding steroid dienone is 5. The summed E-state index contributed by atoms with van der Waals surface area (Å²) in [4.78, 5) is 38.6. The minimum atomic E-state index is -1.91. The van der Waals surface area contributed by atoms with Gasteiger partial charge in [0, 0.05) is 12.3 Å². The van der Waals surface area contributed by atoms with Crippen molar-refractivity contribution in [3.8, 4) is 0 Å². The predicted octanol–water partition coefficient (Wildman–Crippen LogP) is 4.13. The summed E-state index contributed by atoms with van der Waals surface area (Å²) in [5, 5.41) is 11.3. The fourth-order valence-electron chi connectivity index (χ4n) is 3.23. The number of Topliss-reactive ketones (excluding diaryl/α,β-unsaturated/α-hetero) is 3. The first-order chi connectivity index (χ1) is 12.0. The molecule has 1 aliphatic carbocycles. The van der Waals surface area contributed by atoms with Crippen molar-refractivity contribution in [2.24, 2.45) is 11.8 Å². The van der Waals surface area contributed by atoms with E-state index < -0.39 is 23.1 Å². The van der Waals surface area contributed by atoms with Crippen LogP contribution in [0.1, 0.15) is 67.7 Å². The normalized spacial score (nSPS) is 23.7. The zero-order valence-electron chi connectivity index (χ0n) is 17.1. The Bertz CT molecular complexity index is 685. The van der Waals surface area contributed by atoms with Gasteiger partial charge in [-0.2, -0.15) is 0 Å². The summed E-state index contributed by atoms with van der Waals surface area (Å²) in [6.45, 7) is 12.7. The Morgan fingerprint density at radius 1 is 1.15 bits per heavy atom. The lowest BCUT2D eigenvalue weighted by Gasteiger charge is -2.29. The topological polar surface area (TPSA) is 71.4 Å². The average Bonchev–Trinajstić information content (AvgIpc) is 2.76. The van der Waals surface area contributed by atoms with Crippen LogP contribution in [0, 0.1) is 11.8 Å². The number of aliphatic hydroxyl groups is 1. The highest BCUT2D eigenvalue weighted by Gasteiger charge is 2.56. The van der Waals surface area contributed by atoms with E-state index in [-0.39, 0.29) is 35.7 Å². The van der Waals surface area contributed by atoms with Gasteiger partial charge in [-0.3, -0.25) is 14.4 Å². The van der Waals surface area contributed by atoms with E-state index in [2.05, 4.69) is 0 Å². The molecule has 0 aromatic rings. The molecule has 1 aliphatic rings. The molecule has 0 bridgehead atoms. The second-order valence-electron chi connectivity index (χ2n) is 7.78. The molecule has 0 saturated heterocycles. The molecule has 0 spiro atoms. The van der Waals surface area contributed by atoms with Crippen molar-refractivity contribution >= 4 is 17.3 Å². The summed E-state index contributed by atoms with van der Waals surface area (Å²) in [6.07, 6.45) is 4.47. The second kappa shape index (κ2) is 8.72. The summed E-state index contributed by atoms with van der Waals surface area (Å²) < 4.78 is 0. The molecule has 1 rings (SSSR count). The van der Waals surface area contributed by atoms with Crippen LogP contribution < -0.4 is 0 Å². The van der Waals surface area contributed by atoms with Crippen molar-refractivity contribution in [1.29, 1.82) is 0 Å². The van der Waals surface area contributed by atoms with E-state index in [9.17, 15) is 19.5 Å². The largest absolute Gasteiger partial charge is 0.377 e. The molecule has 3 atom stereocenters. The van der Waals surface area contributed by atoms with Crippen molar-refractivity contribution < 1.29 is 19.5 Å². The molecule has 0 fully saturated rings. The molecular weight excluding hydrogens is 328 g/mol. The second-order valence-corrected chi connectivity index (χ2v) is 7.78. The Hall–Kier alpha value is -1.81. The summed E-state index contributed by atoms with van der Waals surface area (Å²) in [5.41, 5.74) is 0.292. The Labute approximate surface area is 157 Å². The van der Waals surface area contributed by atoms with Crippen LogP contribution in [0.5, 0.6) is 0 Å². The number of hydrogen-bond acceptors (Lipinski definition) is 4. The third kappa shape index (κ3) is 4.29. The monoisotopic (exact) mass is 360 g/mol. The minimum Gasteiger partial charge on any atom is -0.377 e. The Morgan fingerprint density at radius 3 is 2.15 bits per heavy atom. The number of carbonyl (C=O) groups is 3. The lowest BCUT2D eigenvalue weighted by Crippen LogP contribution is -2.45. The summed E-state index contributed by atoms with van der Waals surface area (Å²) in [5.74, 6) is -2.35. The van der Waals surface area contributed by atoms with Gasteiger partial charge in [0.15, 0.2) is 23.0 Å². The highest BCUT2D eigenvalue weighted by molar-refractivity contribution is 6.26. The van der Waals surface area contributed by atoms with E-state index in [1.165, 1.54) is 0 Å². The molecule has 144 valence electrons. The lowest BCUT2D eigenvalue weighted by molar-refractivity contribution is -0.141. The van der Waals surface area contributed by atoms with Crippen LogP contribution in [-0.2, 0) is 14.4 Å². The van der Waals surface area contributed by atoms with E-state index in [1.54, 1.807) is 19.9 Å². The van der Waals surface area contributed by atoms with Gasteiger partial charge in [0.05, 0.1) is 11.5 Å². The van der Waals surface area contributed by atoms with Crippen LogP contribution >= 0.6 is 0 Å². The predicted molar refractivity (Wildman–Crippen MR) is 104 cm³/mol. The Morgan fingerprint density at radius 2 is 1.69 bits per heavy atom. The molecule has 4 nitrogen and oxygen atoms in total. The van der Waals surface area contributed by atoms with E-state index in [4.69, 9.17) is 0 Å². The van der Waals surface area contributed by atoms with Crippen LogP contribution in [0.3, 0.4) is 0 Å². The first-order valence-corrected chi connectivity index (χ1v) is 9.30. The van der Waals surface area contributed by atoms with Crippen molar-refractivity contribution in [1.82, 2.24) is 0 Å². The standard InChI is InChI=1S/C22H32O4/c1-8-15(6)20(24)19-16(7)22(26,18(23)12-10-14(4)5)17(21(19)25)11-9-13(2)3/h9-10,15,17,26H,8,11-12H2,1-7H3/t15?,17-,22+/m0/s1. The molecule has 0 aromatic carbocycles. The Kier molecular flexibility index (Phi) is 7.45. The molecular formula is C22H32O4. The van der Waals surface area contributed by atoms with Crippen LogP contribution in [0.25, 0.3) is 0 Å². The van der Waals surface area contributed by atoms with Crippen LogP contribution in [0.2, 0.25) is 0 Å². The van der Waals surface area contributed by atoms with E-state index >= 15 is 0 Å². The number of carbonyl (C=O) groups excluding carboxylic acids is 3. The van der Waals surface area contributed by atoms with Crippen LogP contribution in [0.4, 0.5) is 0 Å². The Balaban J connectivity index is 3.45. The molecule has 4 heteroatoms. The van der Waals surface area contributed by atoms with Gasteiger partial charge in [0.25, 0.3) is 0 Å².